The van der Waals surface area contributed by atoms with Crippen LogP contribution in [0.4, 0.5) is 0 Å². The summed E-state index contributed by atoms with van der Waals surface area (Å²) in [7, 11) is 0. The summed E-state index contributed by atoms with van der Waals surface area (Å²) in [5.74, 6) is -0.342. The van der Waals surface area contributed by atoms with Crippen LogP contribution in [0.3, 0.4) is 0 Å². The summed E-state index contributed by atoms with van der Waals surface area (Å²) < 4.78 is 5.25. The summed E-state index contributed by atoms with van der Waals surface area (Å²) in [6, 6.07) is 8.81. The average Bonchev–Trinajstić information content (AvgIpc) is 2.60. The summed E-state index contributed by atoms with van der Waals surface area (Å²) in [5.41, 5.74) is -0.0998. The molecule has 3 rings (SSSR count). The third kappa shape index (κ3) is 4.11. The Labute approximate surface area is 151 Å². The van der Waals surface area contributed by atoms with Crippen LogP contribution in [0.25, 0.3) is 11.0 Å². The summed E-state index contributed by atoms with van der Waals surface area (Å²) in [6.07, 6.45) is 0. The Kier molecular flexibility index (Phi) is 5.37. The van der Waals surface area contributed by atoms with Crippen molar-refractivity contribution in [2.75, 3.05) is 32.7 Å². The molecule has 26 heavy (non-hydrogen) atoms. The van der Waals surface area contributed by atoms with Crippen molar-refractivity contribution in [2.45, 2.75) is 19.9 Å². The van der Waals surface area contributed by atoms with E-state index in [-0.39, 0.29) is 23.4 Å². The van der Waals surface area contributed by atoms with E-state index in [2.05, 4.69) is 5.32 Å². The van der Waals surface area contributed by atoms with Gasteiger partial charge in [0.2, 0.25) is 5.91 Å². The predicted molar refractivity (Wildman–Crippen MR) is 98.1 cm³/mol. The maximum atomic E-state index is 12.7. The van der Waals surface area contributed by atoms with Gasteiger partial charge in [0.15, 0.2) is 0 Å². The molecule has 0 atom stereocenters. The van der Waals surface area contributed by atoms with E-state index in [4.69, 9.17) is 4.42 Å². The van der Waals surface area contributed by atoms with Gasteiger partial charge in [-0.2, -0.15) is 0 Å². The highest BCUT2D eigenvalue weighted by Crippen LogP contribution is 2.14. The van der Waals surface area contributed by atoms with Crippen molar-refractivity contribution in [1.82, 2.24) is 15.1 Å². The number of carbonyl (C=O) groups is 2. The maximum absolute atomic E-state index is 12.7. The number of piperazine rings is 1. The molecule has 2 heterocycles. The molecule has 0 radical (unpaired) electrons. The monoisotopic (exact) mass is 357 g/mol. The predicted octanol–water partition coefficient (Wildman–Crippen LogP) is 1.08. The molecular weight excluding hydrogens is 334 g/mol. The molecule has 0 unspecified atom stereocenters. The number of hydrogen-bond donors (Lipinski definition) is 1. The first-order valence-electron chi connectivity index (χ1n) is 8.78. The van der Waals surface area contributed by atoms with Crippen molar-refractivity contribution in [2.24, 2.45) is 0 Å². The molecule has 2 amide bonds. The van der Waals surface area contributed by atoms with E-state index in [1.807, 2.05) is 24.8 Å². The zero-order valence-corrected chi connectivity index (χ0v) is 15.0. The maximum Gasteiger partial charge on any atom is 0.349 e. The van der Waals surface area contributed by atoms with Crippen LogP contribution in [-0.2, 0) is 4.79 Å². The zero-order chi connectivity index (χ0) is 18.7. The van der Waals surface area contributed by atoms with Crippen LogP contribution >= 0.6 is 0 Å². The minimum absolute atomic E-state index is 0.0186. The number of nitrogens with one attached hydrogen (secondary N) is 1. The minimum Gasteiger partial charge on any atom is -0.422 e. The van der Waals surface area contributed by atoms with E-state index >= 15 is 0 Å². The molecule has 0 saturated carbocycles. The van der Waals surface area contributed by atoms with Gasteiger partial charge in [-0.05, 0) is 26.0 Å². The average molecular weight is 357 g/mol. The number of hydrogen-bond acceptors (Lipinski definition) is 5. The Balaban J connectivity index is 1.65. The Hall–Kier alpha value is -2.67. The van der Waals surface area contributed by atoms with Crippen molar-refractivity contribution in [1.29, 1.82) is 0 Å². The molecule has 0 bridgehead atoms. The van der Waals surface area contributed by atoms with Crippen molar-refractivity contribution in [3.05, 3.63) is 46.3 Å². The number of para-hydroxylation sites is 1. The van der Waals surface area contributed by atoms with Crippen molar-refractivity contribution in [3.8, 4) is 0 Å². The van der Waals surface area contributed by atoms with E-state index < -0.39 is 5.63 Å². The van der Waals surface area contributed by atoms with Gasteiger partial charge >= 0.3 is 5.63 Å². The Morgan fingerprint density at radius 1 is 1.15 bits per heavy atom. The van der Waals surface area contributed by atoms with E-state index in [9.17, 15) is 14.4 Å². The Morgan fingerprint density at radius 2 is 1.85 bits per heavy atom. The summed E-state index contributed by atoms with van der Waals surface area (Å²) >= 11 is 0. The normalized spacial score (nSPS) is 15.4. The van der Waals surface area contributed by atoms with Crippen LogP contribution in [0.1, 0.15) is 24.2 Å². The third-order valence-corrected chi connectivity index (χ3v) is 4.35. The molecule has 1 fully saturated rings. The molecule has 1 aliphatic rings. The number of benzene rings is 1. The molecule has 2 aromatic rings. The molecule has 0 spiro atoms. The number of nitrogens with zero attached hydrogens (tertiary/aromatic N) is 2. The first kappa shape index (κ1) is 18.1. The highest BCUT2D eigenvalue weighted by atomic mass is 16.4. The highest BCUT2D eigenvalue weighted by Gasteiger charge is 2.25. The summed E-state index contributed by atoms with van der Waals surface area (Å²) in [4.78, 5) is 40.3. The molecule has 1 aromatic carbocycles. The fourth-order valence-electron chi connectivity index (χ4n) is 3.06. The zero-order valence-electron chi connectivity index (χ0n) is 15.0. The standard InChI is InChI=1S/C19H23N3O4/c1-13(2)20-17(23)12-21-7-9-22(10-8-21)18(24)15-11-14-5-3-4-6-16(14)26-19(15)25/h3-6,11,13H,7-10,12H2,1-2H3,(H,20,23). The van der Waals surface area contributed by atoms with Crippen LogP contribution in [0.5, 0.6) is 0 Å². The SMILES string of the molecule is CC(C)NC(=O)CN1CCN(C(=O)c2cc3ccccc3oc2=O)CC1. The smallest absolute Gasteiger partial charge is 0.349 e. The fourth-order valence-corrected chi connectivity index (χ4v) is 3.06. The second kappa shape index (κ2) is 7.70. The molecular formula is C19H23N3O4. The first-order valence-corrected chi connectivity index (χ1v) is 8.78. The lowest BCUT2D eigenvalue weighted by Gasteiger charge is -2.34. The van der Waals surface area contributed by atoms with Crippen molar-refractivity contribution >= 4 is 22.8 Å². The molecule has 1 saturated heterocycles. The van der Waals surface area contributed by atoms with Crippen LogP contribution < -0.4 is 10.9 Å². The molecule has 1 aromatic heterocycles. The number of carbonyl (C=O) groups excluding carboxylic acids is 2. The van der Waals surface area contributed by atoms with E-state index in [1.165, 1.54) is 0 Å². The molecule has 1 N–H and O–H groups in total. The second-order valence-corrected chi connectivity index (χ2v) is 6.78. The fraction of sp³-hybridized carbons (Fsp3) is 0.421. The lowest BCUT2D eigenvalue weighted by atomic mass is 10.1. The molecule has 7 heteroatoms. The van der Waals surface area contributed by atoms with Gasteiger partial charge < -0.3 is 14.6 Å². The van der Waals surface area contributed by atoms with Crippen LogP contribution in [-0.4, -0.2) is 60.4 Å². The van der Waals surface area contributed by atoms with Crippen LogP contribution in [0.15, 0.2) is 39.5 Å². The molecule has 1 aliphatic heterocycles. The van der Waals surface area contributed by atoms with Gasteiger partial charge in [-0.1, -0.05) is 18.2 Å². The highest BCUT2D eigenvalue weighted by molar-refractivity contribution is 5.96. The minimum atomic E-state index is -0.618. The Bertz CT molecular complexity index is 866. The quantitative estimate of drug-likeness (QED) is 0.828. The first-order chi connectivity index (χ1) is 12.4. The molecule has 7 nitrogen and oxygen atoms in total. The number of fused-ring (bicyclic) bond motifs is 1. The lowest BCUT2D eigenvalue weighted by molar-refractivity contribution is -0.123. The van der Waals surface area contributed by atoms with Crippen molar-refractivity contribution < 1.29 is 14.0 Å². The topological polar surface area (TPSA) is 82.9 Å². The third-order valence-electron chi connectivity index (χ3n) is 4.35. The van der Waals surface area contributed by atoms with Gasteiger partial charge in [-0.25, -0.2) is 4.79 Å². The second-order valence-electron chi connectivity index (χ2n) is 6.78. The summed E-state index contributed by atoms with van der Waals surface area (Å²) in [5, 5.41) is 3.58. The van der Waals surface area contributed by atoms with E-state index in [0.29, 0.717) is 38.3 Å². The van der Waals surface area contributed by atoms with Crippen LogP contribution in [0.2, 0.25) is 0 Å². The van der Waals surface area contributed by atoms with Crippen LogP contribution in [0, 0.1) is 0 Å². The van der Waals surface area contributed by atoms with Gasteiger partial charge in [0.25, 0.3) is 5.91 Å². The number of amides is 2. The van der Waals surface area contributed by atoms with Gasteiger partial charge in [-0.3, -0.25) is 14.5 Å². The molecule has 0 aliphatic carbocycles. The van der Waals surface area contributed by atoms with Crippen molar-refractivity contribution in [3.63, 3.8) is 0 Å². The van der Waals surface area contributed by atoms with Gasteiger partial charge in [0.1, 0.15) is 11.1 Å². The number of rotatable bonds is 4. The molecule has 138 valence electrons. The Morgan fingerprint density at radius 3 is 2.54 bits per heavy atom. The largest absolute Gasteiger partial charge is 0.422 e. The van der Waals surface area contributed by atoms with E-state index in [0.717, 1.165) is 5.39 Å². The van der Waals surface area contributed by atoms with Gasteiger partial charge in [0.05, 0.1) is 6.54 Å². The summed E-state index contributed by atoms with van der Waals surface area (Å²) in [6.45, 7) is 6.29. The van der Waals surface area contributed by atoms with E-state index in [1.54, 1.807) is 29.2 Å². The van der Waals surface area contributed by atoms with Gasteiger partial charge in [0, 0.05) is 37.6 Å². The van der Waals surface area contributed by atoms with Gasteiger partial charge in [-0.15, -0.1) is 0 Å². The lowest BCUT2D eigenvalue weighted by Crippen LogP contribution is -2.52.